The van der Waals surface area contributed by atoms with Crippen molar-refractivity contribution in [1.29, 1.82) is 0 Å². The number of aromatic hydroxyl groups is 1. The van der Waals surface area contributed by atoms with Crippen molar-refractivity contribution in [2.75, 3.05) is 25.1 Å². The third kappa shape index (κ3) is 4.81. The number of hydrogen-bond acceptors (Lipinski definition) is 8. The summed E-state index contributed by atoms with van der Waals surface area (Å²) in [4.78, 5) is 40.5. The number of benzene rings is 1. The highest BCUT2D eigenvalue weighted by atomic mass is 32.1. The molecule has 1 saturated heterocycles. The van der Waals surface area contributed by atoms with E-state index in [0.717, 1.165) is 24.2 Å². The summed E-state index contributed by atoms with van der Waals surface area (Å²) in [5, 5.41) is 13.8. The Bertz CT molecular complexity index is 1550. The Hall–Kier alpha value is -3.34. The Morgan fingerprint density at radius 3 is 2.54 bits per heavy atom. The first-order valence-corrected chi connectivity index (χ1v) is 14.0. The second-order valence-electron chi connectivity index (χ2n) is 11.5. The van der Waals surface area contributed by atoms with Crippen LogP contribution in [-0.4, -0.2) is 53.4 Å². The summed E-state index contributed by atoms with van der Waals surface area (Å²) in [6.07, 6.45) is 1.93. The van der Waals surface area contributed by atoms with E-state index in [-0.39, 0.29) is 56.6 Å². The number of hydrogen-bond donors (Lipinski definition) is 2. The number of fused-ring (bicyclic) bond motifs is 2. The van der Waals surface area contributed by atoms with Gasteiger partial charge in [-0.25, -0.2) is 9.18 Å². The molecule has 2 aromatic heterocycles. The van der Waals surface area contributed by atoms with Crippen LogP contribution in [0.2, 0.25) is 0 Å². The van der Waals surface area contributed by atoms with Crippen LogP contribution < -0.4 is 20.4 Å². The van der Waals surface area contributed by atoms with E-state index in [1.807, 2.05) is 16.4 Å². The van der Waals surface area contributed by atoms with Crippen LogP contribution in [0.3, 0.4) is 0 Å². The first-order valence-electron chi connectivity index (χ1n) is 13.2. The van der Waals surface area contributed by atoms with E-state index in [1.54, 1.807) is 20.8 Å². The van der Waals surface area contributed by atoms with Gasteiger partial charge in [0.05, 0.1) is 18.0 Å². The fourth-order valence-electron chi connectivity index (χ4n) is 5.46. The number of nitrogens with one attached hydrogen (secondary N) is 1. The summed E-state index contributed by atoms with van der Waals surface area (Å²) in [6, 6.07) is 1.06. The lowest BCUT2D eigenvalue weighted by atomic mass is 10.0. The molecule has 0 radical (unpaired) electrons. The van der Waals surface area contributed by atoms with Gasteiger partial charge in [0.2, 0.25) is 5.43 Å². The van der Waals surface area contributed by atoms with Crippen molar-refractivity contribution < 1.29 is 28.6 Å². The van der Waals surface area contributed by atoms with E-state index >= 15 is 4.39 Å². The normalized spacial score (nSPS) is 18.5. The van der Waals surface area contributed by atoms with E-state index < -0.39 is 22.9 Å². The molecule has 3 heterocycles. The molecule has 9 nitrogen and oxygen atoms in total. The lowest BCUT2D eigenvalue weighted by Crippen LogP contribution is -2.42. The summed E-state index contributed by atoms with van der Waals surface area (Å²) in [5.41, 5.74) is -0.414. The summed E-state index contributed by atoms with van der Waals surface area (Å²) in [6.45, 7) is 9.67. The quantitative estimate of drug-likeness (QED) is 0.392. The van der Waals surface area contributed by atoms with Gasteiger partial charge in [0.1, 0.15) is 26.4 Å². The Morgan fingerprint density at radius 1 is 1.26 bits per heavy atom. The molecule has 1 amide bonds. The maximum Gasteiger partial charge on any atom is 0.407 e. The zero-order chi connectivity index (χ0) is 28.4. The maximum atomic E-state index is 15.8. The minimum atomic E-state index is -0.611. The molecule has 0 bridgehead atoms. The van der Waals surface area contributed by atoms with Gasteiger partial charge >= 0.3 is 6.09 Å². The van der Waals surface area contributed by atoms with Crippen LogP contribution in [0.4, 0.5) is 14.9 Å². The maximum absolute atomic E-state index is 15.8. The van der Waals surface area contributed by atoms with Crippen LogP contribution in [0.1, 0.15) is 69.6 Å². The van der Waals surface area contributed by atoms with E-state index in [1.165, 1.54) is 20.1 Å². The molecule has 2 fully saturated rings. The Kier molecular flexibility index (Phi) is 6.77. The number of methoxy groups -OCH3 is 1. The number of carbonyl (C=O) groups excluding carboxylic acids is 2. The molecule has 39 heavy (non-hydrogen) atoms. The summed E-state index contributed by atoms with van der Waals surface area (Å²) < 4.78 is 29.0. The highest BCUT2D eigenvalue weighted by Crippen LogP contribution is 2.49. The van der Waals surface area contributed by atoms with Crippen molar-refractivity contribution in [3.63, 3.8) is 0 Å². The van der Waals surface area contributed by atoms with Gasteiger partial charge in [-0.1, -0.05) is 0 Å². The molecule has 0 spiro atoms. The first kappa shape index (κ1) is 27.2. The SMILES string of the molecule is COc1c(N2CCC(C(C)NC(=O)OC(C)(C)C)C2)c(F)cc2c(=O)c3c(O)c(C(C)=O)sc3n(C3CC3)c12. The fraction of sp³-hybridized carbons (Fsp3) is 0.536. The molecule has 210 valence electrons. The summed E-state index contributed by atoms with van der Waals surface area (Å²) >= 11 is 1.08. The number of aromatic nitrogens is 1. The molecule has 3 aromatic rings. The highest BCUT2D eigenvalue weighted by Gasteiger charge is 2.36. The Morgan fingerprint density at radius 2 is 1.95 bits per heavy atom. The number of alkyl carbamates (subject to hydrolysis) is 1. The number of nitrogens with zero attached hydrogens (tertiary/aromatic N) is 2. The van der Waals surface area contributed by atoms with Gasteiger partial charge in [-0.15, -0.1) is 11.3 Å². The molecular weight excluding hydrogens is 525 g/mol. The van der Waals surface area contributed by atoms with Crippen molar-refractivity contribution in [2.45, 2.75) is 71.6 Å². The van der Waals surface area contributed by atoms with Crippen molar-refractivity contribution in [3.8, 4) is 11.5 Å². The van der Waals surface area contributed by atoms with Gasteiger partial charge in [-0.3, -0.25) is 9.59 Å². The number of Topliss-reactive ketones (excluding diaryl/α,β-unsaturated/α-hetero) is 1. The first-order chi connectivity index (χ1) is 18.3. The molecular formula is C28H34FN3O6S. The minimum absolute atomic E-state index is 0.0396. The number of rotatable bonds is 6. The molecule has 1 aromatic carbocycles. The lowest BCUT2D eigenvalue weighted by Gasteiger charge is -2.27. The average molecular weight is 560 g/mol. The van der Waals surface area contributed by atoms with Gasteiger partial charge in [0.25, 0.3) is 0 Å². The fourth-order valence-corrected chi connectivity index (χ4v) is 6.62. The molecule has 11 heteroatoms. The Labute approximate surface area is 229 Å². The van der Waals surface area contributed by atoms with Crippen molar-refractivity contribution in [2.24, 2.45) is 5.92 Å². The van der Waals surface area contributed by atoms with Gasteiger partial charge in [-0.2, -0.15) is 0 Å². The second kappa shape index (κ2) is 9.69. The number of halogens is 1. The number of pyridine rings is 1. The van der Waals surface area contributed by atoms with E-state index in [4.69, 9.17) is 9.47 Å². The van der Waals surface area contributed by atoms with Gasteiger partial charge in [-0.05, 0) is 58.9 Å². The van der Waals surface area contributed by atoms with Crippen molar-refractivity contribution >= 4 is 50.0 Å². The summed E-state index contributed by atoms with van der Waals surface area (Å²) in [5.74, 6) is -0.996. The number of carbonyl (C=O) groups is 2. The molecule has 5 rings (SSSR count). The Balaban J connectivity index is 1.59. The predicted octanol–water partition coefficient (Wildman–Crippen LogP) is 5.35. The lowest BCUT2D eigenvalue weighted by molar-refractivity contribution is 0.0494. The van der Waals surface area contributed by atoms with Gasteiger partial charge < -0.3 is 29.4 Å². The van der Waals surface area contributed by atoms with E-state index in [0.29, 0.717) is 29.9 Å². The van der Waals surface area contributed by atoms with Crippen LogP contribution in [0.5, 0.6) is 11.5 Å². The third-order valence-electron chi connectivity index (χ3n) is 7.41. The van der Waals surface area contributed by atoms with Crippen LogP contribution in [0.15, 0.2) is 10.9 Å². The number of ether oxygens (including phenoxy) is 2. The topological polar surface area (TPSA) is 110 Å². The van der Waals surface area contributed by atoms with Crippen LogP contribution in [-0.2, 0) is 4.74 Å². The average Bonchev–Trinajstić information content (AvgIpc) is 3.43. The molecule has 1 saturated carbocycles. The van der Waals surface area contributed by atoms with Crippen LogP contribution in [0, 0.1) is 11.7 Å². The van der Waals surface area contributed by atoms with E-state index in [2.05, 4.69) is 5.32 Å². The van der Waals surface area contributed by atoms with E-state index in [9.17, 15) is 19.5 Å². The molecule has 2 aliphatic rings. The largest absolute Gasteiger partial charge is 0.505 e. The van der Waals surface area contributed by atoms with Crippen molar-refractivity contribution in [1.82, 2.24) is 9.88 Å². The molecule has 2 unspecified atom stereocenters. The predicted molar refractivity (Wildman–Crippen MR) is 149 cm³/mol. The molecule has 1 aliphatic carbocycles. The number of thiophene rings is 1. The van der Waals surface area contributed by atoms with Crippen molar-refractivity contribution in [3.05, 3.63) is 27.0 Å². The zero-order valence-corrected chi connectivity index (χ0v) is 23.8. The molecule has 1 aliphatic heterocycles. The second-order valence-corrected chi connectivity index (χ2v) is 12.5. The molecule has 2 N–H and O–H groups in total. The number of amides is 1. The highest BCUT2D eigenvalue weighted by molar-refractivity contribution is 7.21. The standard InChI is InChI=1S/C28H34FN3O6S/c1-13(30-27(36)38-28(3,4)5)15-9-10-31(12-15)21-18(29)11-17-20(24(21)37-6)32(16-7-8-16)26-19(22(17)34)23(35)25(39-26)14(2)33/h11,13,15-16,35H,7-10,12H2,1-6H3,(H,30,36). The smallest absolute Gasteiger partial charge is 0.407 e. The third-order valence-corrected chi connectivity index (χ3v) is 8.69. The van der Waals surface area contributed by atoms with Crippen LogP contribution in [0.25, 0.3) is 21.1 Å². The van der Waals surface area contributed by atoms with Gasteiger partial charge in [0, 0.05) is 32.1 Å². The molecule has 2 atom stereocenters. The van der Waals surface area contributed by atoms with Gasteiger partial charge in [0.15, 0.2) is 23.1 Å². The number of ketones is 1. The zero-order valence-electron chi connectivity index (χ0n) is 23.0. The summed E-state index contributed by atoms with van der Waals surface area (Å²) in [7, 11) is 1.46. The minimum Gasteiger partial charge on any atom is -0.505 e. The number of anilines is 1. The monoisotopic (exact) mass is 559 g/mol. The van der Waals surface area contributed by atoms with Crippen LogP contribution >= 0.6 is 11.3 Å².